The number of esters is 1. The van der Waals surface area contributed by atoms with Crippen LogP contribution in [0.4, 0.5) is 11.5 Å². The number of imide groups is 1. The number of pyridine rings is 1. The molecule has 0 atom stereocenters. The first-order chi connectivity index (χ1) is 11.5. The van der Waals surface area contributed by atoms with Crippen molar-refractivity contribution >= 4 is 35.3 Å². The Morgan fingerprint density at radius 3 is 2.28 bits per heavy atom. The second-order valence-corrected chi connectivity index (χ2v) is 6.32. The SMILES string of the molecule is CC(C)(C)OC(=O)c1cc(N2C(=O)CCC2=O)c(C(=O)O)c(NN)n1. The number of hydrogen-bond acceptors (Lipinski definition) is 8. The number of rotatable bonds is 4. The summed E-state index contributed by atoms with van der Waals surface area (Å²) < 4.78 is 5.19. The number of carbonyl (C=O) groups is 4. The molecule has 0 saturated carbocycles. The summed E-state index contributed by atoms with van der Waals surface area (Å²) in [6, 6.07) is 1.04. The molecule has 1 aromatic rings. The molecule has 0 unspecified atom stereocenters. The third-order valence-corrected chi connectivity index (χ3v) is 3.25. The number of carbonyl (C=O) groups excluding carboxylic acids is 3. The average Bonchev–Trinajstić information content (AvgIpc) is 2.82. The van der Waals surface area contributed by atoms with Crippen LogP contribution in [0.2, 0.25) is 0 Å². The molecule has 1 aliphatic heterocycles. The molecule has 1 aliphatic rings. The Hall–Kier alpha value is -3.01. The van der Waals surface area contributed by atoms with Crippen molar-refractivity contribution in [2.45, 2.75) is 39.2 Å². The molecule has 2 heterocycles. The molecule has 134 valence electrons. The second kappa shape index (κ2) is 6.48. The van der Waals surface area contributed by atoms with Crippen molar-refractivity contribution in [3.63, 3.8) is 0 Å². The zero-order chi connectivity index (χ0) is 18.9. The van der Waals surface area contributed by atoms with E-state index in [4.69, 9.17) is 10.6 Å². The molecule has 0 radical (unpaired) electrons. The van der Waals surface area contributed by atoms with Crippen LogP contribution in [0.15, 0.2) is 6.07 Å². The summed E-state index contributed by atoms with van der Waals surface area (Å²) in [6.45, 7) is 4.94. The van der Waals surface area contributed by atoms with Gasteiger partial charge in [-0.25, -0.2) is 25.3 Å². The normalized spacial score (nSPS) is 14.6. The smallest absolute Gasteiger partial charge is 0.357 e. The fourth-order valence-corrected chi connectivity index (χ4v) is 2.30. The lowest BCUT2D eigenvalue weighted by atomic mass is 10.1. The Kier molecular flexibility index (Phi) is 4.75. The summed E-state index contributed by atoms with van der Waals surface area (Å²) in [5, 5.41) is 9.43. The lowest BCUT2D eigenvalue weighted by molar-refractivity contribution is -0.121. The van der Waals surface area contributed by atoms with Crippen LogP contribution < -0.4 is 16.2 Å². The molecule has 10 nitrogen and oxygen atoms in total. The first-order valence-electron chi connectivity index (χ1n) is 7.39. The zero-order valence-electron chi connectivity index (χ0n) is 14.0. The van der Waals surface area contributed by atoms with Gasteiger partial charge in [0.25, 0.3) is 0 Å². The molecule has 1 aromatic heterocycles. The number of nitrogens with two attached hydrogens (primary N) is 1. The van der Waals surface area contributed by atoms with Crippen LogP contribution in [0.1, 0.15) is 54.5 Å². The van der Waals surface area contributed by atoms with Crippen LogP contribution in [0.3, 0.4) is 0 Å². The van der Waals surface area contributed by atoms with Gasteiger partial charge in [-0.3, -0.25) is 9.59 Å². The number of aromatic nitrogens is 1. The molecule has 0 aliphatic carbocycles. The van der Waals surface area contributed by atoms with Gasteiger partial charge in [-0.2, -0.15) is 0 Å². The Balaban J connectivity index is 2.64. The van der Waals surface area contributed by atoms with E-state index in [9.17, 15) is 24.3 Å². The van der Waals surface area contributed by atoms with Crippen molar-refractivity contribution < 1.29 is 29.0 Å². The summed E-state index contributed by atoms with van der Waals surface area (Å²) in [4.78, 5) is 52.4. The monoisotopic (exact) mass is 350 g/mol. The molecule has 0 bridgehead atoms. The number of anilines is 2. The third-order valence-electron chi connectivity index (χ3n) is 3.25. The molecule has 0 aromatic carbocycles. The first-order valence-corrected chi connectivity index (χ1v) is 7.39. The molecule has 2 rings (SSSR count). The summed E-state index contributed by atoms with van der Waals surface area (Å²) in [5.41, 5.74) is 0.216. The quantitative estimate of drug-likeness (QED) is 0.308. The van der Waals surface area contributed by atoms with Crippen molar-refractivity contribution in [1.82, 2.24) is 4.98 Å². The fourth-order valence-electron chi connectivity index (χ4n) is 2.30. The summed E-state index contributed by atoms with van der Waals surface area (Å²) in [7, 11) is 0. The molecule has 2 amide bonds. The second-order valence-electron chi connectivity index (χ2n) is 6.32. The van der Waals surface area contributed by atoms with Crippen LogP contribution >= 0.6 is 0 Å². The number of hydrogen-bond donors (Lipinski definition) is 3. The van der Waals surface area contributed by atoms with Crippen LogP contribution in [-0.2, 0) is 14.3 Å². The molecule has 0 spiro atoms. The van der Waals surface area contributed by atoms with Gasteiger partial charge in [0.15, 0.2) is 11.5 Å². The molecule has 25 heavy (non-hydrogen) atoms. The minimum atomic E-state index is -1.46. The maximum Gasteiger partial charge on any atom is 0.357 e. The van der Waals surface area contributed by atoms with Crippen LogP contribution in [0, 0.1) is 0 Å². The fraction of sp³-hybridized carbons (Fsp3) is 0.400. The minimum absolute atomic E-state index is 0.0482. The van der Waals surface area contributed by atoms with Gasteiger partial charge < -0.3 is 15.3 Å². The third kappa shape index (κ3) is 3.74. The van der Waals surface area contributed by atoms with Gasteiger partial charge in [0, 0.05) is 12.8 Å². The van der Waals surface area contributed by atoms with E-state index in [1.54, 1.807) is 20.8 Å². The van der Waals surface area contributed by atoms with E-state index in [0.29, 0.717) is 0 Å². The Bertz CT molecular complexity index is 752. The molecule has 4 N–H and O–H groups in total. The van der Waals surface area contributed by atoms with E-state index in [1.165, 1.54) is 0 Å². The highest BCUT2D eigenvalue weighted by Crippen LogP contribution is 2.31. The molecule has 1 fully saturated rings. The minimum Gasteiger partial charge on any atom is -0.477 e. The van der Waals surface area contributed by atoms with E-state index in [2.05, 4.69) is 10.4 Å². The predicted molar refractivity (Wildman–Crippen MR) is 85.9 cm³/mol. The van der Waals surface area contributed by atoms with E-state index in [0.717, 1.165) is 11.0 Å². The standard InChI is InChI=1S/C15H18N4O6/c1-15(2,3)25-14(24)7-6-8(19-9(20)4-5-10(19)21)11(13(22)23)12(17-7)18-16/h6H,4-5,16H2,1-3H3,(H,17,18)(H,22,23). The van der Waals surface area contributed by atoms with Crippen molar-refractivity contribution in [3.8, 4) is 0 Å². The van der Waals surface area contributed by atoms with Gasteiger partial charge in [-0.15, -0.1) is 0 Å². The lowest BCUT2D eigenvalue weighted by Crippen LogP contribution is -2.32. The summed E-state index contributed by atoms with van der Waals surface area (Å²) in [6.07, 6.45) is -0.0965. The van der Waals surface area contributed by atoms with Gasteiger partial charge in [0.1, 0.15) is 11.2 Å². The van der Waals surface area contributed by atoms with Crippen LogP contribution in [-0.4, -0.2) is 39.4 Å². The van der Waals surface area contributed by atoms with Gasteiger partial charge in [0.05, 0.1) is 5.69 Å². The maximum absolute atomic E-state index is 12.3. The number of carboxylic acids is 1. The molecule has 10 heteroatoms. The zero-order valence-corrected chi connectivity index (χ0v) is 14.0. The van der Waals surface area contributed by atoms with E-state index >= 15 is 0 Å². The van der Waals surface area contributed by atoms with Crippen molar-refractivity contribution in [2.24, 2.45) is 5.84 Å². The Morgan fingerprint density at radius 2 is 1.84 bits per heavy atom. The number of nitrogens with zero attached hydrogens (tertiary/aromatic N) is 2. The van der Waals surface area contributed by atoms with Crippen molar-refractivity contribution in [1.29, 1.82) is 0 Å². The lowest BCUT2D eigenvalue weighted by Gasteiger charge is -2.22. The number of hydrazine groups is 1. The van der Waals surface area contributed by atoms with E-state index in [1.807, 2.05) is 0 Å². The topological polar surface area (TPSA) is 152 Å². The largest absolute Gasteiger partial charge is 0.477 e. The Morgan fingerprint density at radius 1 is 1.28 bits per heavy atom. The highest BCUT2D eigenvalue weighted by Gasteiger charge is 2.36. The van der Waals surface area contributed by atoms with Gasteiger partial charge >= 0.3 is 11.9 Å². The number of nitrogen functional groups attached to an aromatic ring is 1. The molecule has 1 saturated heterocycles. The number of nitrogens with one attached hydrogen (secondary N) is 1. The number of amides is 2. The van der Waals surface area contributed by atoms with Gasteiger partial charge in [-0.1, -0.05) is 0 Å². The summed E-state index contributed by atoms with van der Waals surface area (Å²) in [5.74, 6) is 1.49. The summed E-state index contributed by atoms with van der Waals surface area (Å²) >= 11 is 0. The number of ether oxygens (including phenoxy) is 1. The maximum atomic E-state index is 12.3. The van der Waals surface area contributed by atoms with Gasteiger partial charge in [-0.05, 0) is 26.8 Å². The average molecular weight is 350 g/mol. The molecular formula is C15H18N4O6. The number of aromatic carboxylic acids is 1. The van der Waals surface area contributed by atoms with Crippen molar-refractivity contribution in [2.75, 3.05) is 10.3 Å². The highest BCUT2D eigenvalue weighted by atomic mass is 16.6. The van der Waals surface area contributed by atoms with Crippen molar-refractivity contribution in [3.05, 3.63) is 17.3 Å². The van der Waals surface area contributed by atoms with Crippen LogP contribution in [0.25, 0.3) is 0 Å². The predicted octanol–water partition coefficient (Wildman–Crippen LogP) is 0.674. The Labute approximate surface area is 142 Å². The molecular weight excluding hydrogens is 332 g/mol. The van der Waals surface area contributed by atoms with E-state index in [-0.39, 0.29) is 30.0 Å². The van der Waals surface area contributed by atoms with E-state index < -0.39 is 34.9 Å². The highest BCUT2D eigenvalue weighted by molar-refractivity contribution is 6.22. The number of carboxylic acid groups (broad SMARTS) is 1. The van der Waals surface area contributed by atoms with Gasteiger partial charge in [0.2, 0.25) is 11.8 Å². The first kappa shape index (κ1) is 18.3. The van der Waals surface area contributed by atoms with Crippen LogP contribution in [0.5, 0.6) is 0 Å².